The maximum Gasteiger partial charge on any atom is 0.125 e. The molecule has 1 radical (unpaired) electrons. The lowest BCUT2D eigenvalue weighted by Gasteiger charge is -2.09. The Morgan fingerprint density at radius 2 is 2.38 bits per heavy atom. The summed E-state index contributed by atoms with van der Waals surface area (Å²) < 4.78 is 0. The van der Waals surface area contributed by atoms with Crippen molar-refractivity contribution in [3.63, 3.8) is 0 Å². The van der Waals surface area contributed by atoms with E-state index in [0.717, 1.165) is 25.3 Å². The second kappa shape index (κ2) is 5.54. The van der Waals surface area contributed by atoms with Crippen LogP contribution in [-0.4, -0.2) is 37.1 Å². The molecule has 0 amide bonds. The van der Waals surface area contributed by atoms with Crippen molar-refractivity contribution >= 4 is 5.82 Å². The number of pyridine rings is 1. The molecule has 0 unspecified atom stereocenters. The van der Waals surface area contributed by atoms with Crippen LogP contribution in [0, 0.1) is 6.07 Å². The summed E-state index contributed by atoms with van der Waals surface area (Å²) in [7, 11) is 4.16. The van der Waals surface area contributed by atoms with Crippen molar-refractivity contribution in [2.24, 2.45) is 0 Å². The number of hydrogen-bond donors (Lipinski definition) is 1. The highest BCUT2D eigenvalue weighted by molar-refractivity contribution is 5.32. The van der Waals surface area contributed by atoms with Crippen LogP contribution in [0.25, 0.3) is 0 Å². The fourth-order valence-electron chi connectivity index (χ4n) is 1.04. The predicted octanol–water partition coefficient (Wildman–Crippen LogP) is 1.25. The van der Waals surface area contributed by atoms with E-state index >= 15 is 0 Å². The smallest absolute Gasteiger partial charge is 0.125 e. The maximum atomic E-state index is 4.12. The van der Waals surface area contributed by atoms with Gasteiger partial charge in [-0.25, -0.2) is 4.98 Å². The molecule has 3 nitrogen and oxygen atoms in total. The zero-order valence-electron chi connectivity index (χ0n) is 8.25. The SMILES string of the molecule is CN(C)CCCNc1cc[c]cn1. The van der Waals surface area contributed by atoms with Crippen LogP contribution in [0.15, 0.2) is 18.3 Å². The molecule has 0 saturated carbocycles. The van der Waals surface area contributed by atoms with Gasteiger partial charge in [-0.05, 0) is 39.2 Å². The van der Waals surface area contributed by atoms with Gasteiger partial charge in [0.2, 0.25) is 0 Å². The molecule has 0 bridgehead atoms. The van der Waals surface area contributed by atoms with Crippen molar-refractivity contribution in [1.29, 1.82) is 0 Å². The van der Waals surface area contributed by atoms with E-state index in [0.29, 0.717) is 0 Å². The maximum absolute atomic E-state index is 4.12. The summed E-state index contributed by atoms with van der Waals surface area (Å²) in [6.45, 7) is 2.07. The molecule has 0 aliphatic heterocycles. The average molecular weight is 178 g/mol. The number of rotatable bonds is 5. The lowest BCUT2D eigenvalue weighted by atomic mass is 10.4. The Hall–Kier alpha value is -1.09. The van der Waals surface area contributed by atoms with Crippen LogP contribution in [0.5, 0.6) is 0 Å². The number of hydrogen-bond acceptors (Lipinski definition) is 3. The first-order valence-corrected chi connectivity index (χ1v) is 4.50. The highest BCUT2D eigenvalue weighted by Crippen LogP contribution is 1.98. The minimum atomic E-state index is 0.928. The Bertz CT molecular complexity index is 221. The van der Waals surface area contributed by atoms with Crippen LogP contribution in [-0.2, 0) is 0 Å². The summed E-state index contributed by atoms with van der Waals surface area (Å²) >= 11 is 0. The van der Waals surface area contributed by atoms with Crippen LogP contribution in [0.2, 0.25) is 0 Å². The summed E-state index contributed by atoms with van der Waals surface area (Å²) in [4.78, 5) is 6.29. The molecule has 0 aliphatic rings. The standard InChI is InChI=1S/C10H16N3/c1-13(2)9-5-8-12-10-6-3-4-7-11-10/h3,6-7H,5,8-9H2,1-2H3,(H,11,12). The highest BCUT2D eigenvalue weighted by atomic mass is 15.1. The van der Waals surface area contributed by atoms with E-state index < -0.39 is 0 Å². The van der Waals surface area contributed by atoms with Gasteiger partial charge in [0.1, 0.15) is 5.82 Å². The van der Waals surface area contributed by atoms with E-state index in [9.17, 15) is 0 Å². The molecule has 0 spiro atoms. The molecule has 1 N–H and O–H groups in total. The third-order valence-corrected chi connectivity index (χ3v) is 1.70. The average Bonchev–Trinajstić information content (AvgIpc) is 2.14. The van der Waals surface area contributed by atoms with Gasteiger partial charge in [0.15, 0.2) is 0 Å². The normalized spacial score (nSPS) is 10.4. The number of nitrogens with zero attached hydrogens (tertiary/aromatic N) is 2. The quantitative estimate of drug-likeness (QED) is 0.688. The van der Waals surface area contributed by atoms with Crippen molar-refractivity contribution in [3.8, 4) is 0 Å². The Kier molecular flexibility index (Phi) is 4.26. The molecule has 0 fully saturated rings. The van der Waals surface area contributed by atoms with Crippen LogP contribution >= 0.6 is 0 Å². The molecule has 0 aliphatic carbocycles. The van der Waals surface area contributed by atoms with Gasteiger partial charge in [-0.3, -0.25) is 0 Å². The largest absolute Gasteiger partial charge is 0.370 e. The van der Waals surface area contributed by atoms with Crippen molar-refractivity contribution in [2.45, 2.75) is 6.42 Å². The molecular weight excluding hydrogens is 162 g/mol. The Morgan fingerprint density at radius 3 is 3.00 bits per heavy atom. The summed E-state index contributed by atoms with van der Waals surface area (Å²) in [5.41, 5.74) is 0. The molecule has 1 aromatic heterocycles. The third-order valence-electron chi connectivity index (χ3n) is 1.70. The van der Waals surface area contributed by atoms with Gasteiger partial charge in [0, 0.05) is 18.8 Å². The number of nitrogens with one attached hydrogen (secondary N) is 1. The minimum Gasteiger partial charge on any atom is -0.370 e. The topological polar surface area (TPSA) is 28.2 Å². The van der Waals surface area contributed by atoms with Gasteiger partial charge in [-0.15, -0.1) is 0 Å². The molecule has 1 heterocycles. The summed E-state index contributed by atoms with van der Waals surface area (Å²) in [6, 6.07) is 6.67. The summed E-state index contributed by atoms with van der Waals surface area (Å²) in [6.07, 6.45) is 2.81. The first kappa shape index (κ1) is 9.99. The second-order valence-corrected chi connectivity index (χ2v) is 3.23. The monoisotopic (exact) mass is 178 g/mol. The van der Waals surface area contributed by atoms with E-state index in [1.54, 1.807) is 6.20 Å². The van der Waals surface area contributed by atoms with Crippen molar-refractivity contribution < 1.29 is 0 Å². The molecule has 71 valence electrons. The first-order chi connectivity index (χ1) is 6.29. The fraction of sp³-hybridized carbons (Fsp3) is 0.500. The van der Waals surface area contributed by atoms with E-state index in [1.165, 1.54) is 0 Å². The number of aromatic nitrogens is 1. The van der Waals surface area contributed by atoms with Gasteiger partial charge in [-0.1, -0.05) is 0 Å². The van der Waals surface area contributed by atoms with Crippen molar-refractivity contribution in [1.82, 2.24) is 9.88 Å². The molecule has 0 atom stereocenters. The van der Waals surface area contributed by atoms with Gasteiger partial charge >= 0.3 is 0 Å². The van der Waals surface area contributed by atoms with Crippen molar-refractivity contribution in [3.05, 3.63) is 24.4 Å². The zero-order valence-corrected chi connectivity index (χ0v) is 8.25. The summed E-state index contributed by atoms with van der Waals surface area (Å²) in [5.74, 6) is 0.928. The molecule has 1 rings (SSSR count). The third kappa shape index (κ3) is 4.48. The first-order valence-electron chi connectivity index (χ1n) is 4.50. The van der Waals surface area contributed by atoms with Crippen LogP contribution in [0.3, 0.4) is 0 Å². The predicted molar refractivity (Wildman–Crippen MR) is 54.7 cm³/mol. The van der Waals surface area contributed by atoms with E-state index in [-0.39, 0.29) is 0 Å². The van der Waals surface area contributed by atoms with Gasteiger partial charge in [0.25, 0.3) is 0 Å². The lowest BCUT2D eigenvalue weighted by Crippen LogP contribution is -2.16. The van der Waals surface area contributed by atoms with E-state index in [2.05, 4.69) is 35.4 Å². The van der Waals surface area contributed by atoms with Crippen molar-refractivity contribution in [2.75, 3.05) is 32.5 Å². The molecule has 0 saturated heterocycles. The molecule has 13 heavy (non-hydrogen) atoms. The minimum absolute atomic E-state index is 0.928. The molecule has 1 aromatic rings. The van der Waals surface area contributed by atoms with Gasteiger partial charge in [0.05, 0.1) is 0 Å². The molecular formula is C10H16N3. The number of anilines is 1. The van der Waals surface area contributed by atoms with Gasteiger partial charge in [-0.2, -0.15) is 0 Å². The Balaban J connectivity index is 2.13. The van der Waals surface area contributed by atoms with Crippen LogP contribution in [0.4, 0.5) is 5.82 Å². The fourth-order valence-corrected chi connectivity index (χ4v) is 1.04. The highest BCUT2D eigenvalue weighted by Gasteiger charge is 1.92. The summed E-state index contributed by atoms with van der Waals surface area (Å²) in [5, 5.41) is 3.24. The second-order valence-electron chi connectivity index (χ2n) is 3.23. The molecule has 0 aromatic carbocycles. The van der Waals surface area contributed by atoms with E-state index in [1.807, 2.05) is 12.1 Å². The van der Waals surface area contributed by atoms with Crippen LogP contribution < -0.4 is 5.32 Å². The van der Waals surface area contributed by atoms with Crippen LogP contribution in [0.1, 0.15) is 6.42 Å². The Labute approximate surface area is 79.8 Å². The van der Waals surface area contributed by atoms with Gasteiger partial charge < -0.3 is 10.2 Å². The molecule has 3 heteroatoms. The lowest BCUT2D eigenvalue weighted by molar-refractivity contribution is 0.405. The zero-order chi connectivity index (χ0) is 9.52. The van der Waals surface area contributed by atoms with E-state index in [4.69, 9.17) is 0 Å². The Morgan fingerprint density at radius 1 is 1.54 bits per heavy atom.